The summed E-state index contributed by atoms with van der Waals surface area (Å²) in [6.07, 6.45) is 1.97. The van der Waals surface area contributed by atoms with Gasteiger partial charge in [-0.25, -0.2) is 4.98 Å². The largest absolute Gasteiger partial charge is 0.339 e. The molecule has 3 aromatic rings. The summed E-state index contributed by atoms with van der Waals surface area (Å²) in [7, 11) is 0. The molecule has 1 aliphatic heterocycles. The fourth-order valence-corrected chi connectivity index (χ4v) is 3.65. The highest BCUT2D eigenvalue weighted by Gasteiger charge is 2.24. The first-order valence-corrected chi connectivity index (χ1v) is 9.21. The molecule has 0 saturated carbocycles. The molecule has 1 aliphatic rings. The Balaban J connectivity index is 1.75. The third-order valence-corrected chi connectivity index (χ3v) is 5.25. The first-order chi connectivity index (χ1) is 12.8. The Bertz CT molecular complexity index is 915. The average Bonchev–Trinajstić information content (AvgIpc) is 2.73. The van der Waals surface area contributed by atoms with Crippen LogP contribution in [0.15, 0.2) is 60.7 Å². The van der Waals surface area contributed by atoms with Crippen LogP contribution >= 0.6 is 0 Å². The number of piperidine rings is 1. The van der Waals surface area contributed by atoms with Crippen LogP contribution in [0.25, 0.3) is 22.2 Å². The summed E-state index contributed by atoms with van der Waals surface area (Å²) in [5.41, 5.74) is 9.24. The van der Waals surface area contributed by atoms with E-state index in [0.717, 1.165) is 53.7 Å². The minimum Gasteiger partial charge on any atom is -0.339 e. The number of pyridine rings is 1. The number of carbonyl (C=O) groups is 1. The highest BCUT2D eigenvalue weighted by atomic mass is 16.2. The number of nitrogens with zero attached hydrogens (tertiary/aromatic N) is 2. The lowest BCUT2D eigenvalue weighted by Crippen LogP contribution is -2.40. The molecule has 1 saturated heterocycles. The van der Waals surface area contributed by atoms with Crippen molar-refractivity contribution in [3.8, 4) is 11.3 Å². The molecule has 26 heavy (non-hydrogen) atoms. The summed E-state index contributed by atoms with van der Waals surface area (Å²) < 4.78 is 0. The van der Waals surface area contributed by atoms with Crippen molar-refractivity contribution in [3.63, 3.8) is 0 Å². The van der Waals surface area contributed by atoms with E-state index in [4.69, 9.17) is 10.7 Å². The van der Waals surface area contributed by atoms with Gasteiger partial charge in [-0.15, -0.1) is 0 Å². The van der Waals surface area contributed by atoms with E-state index in [9.17, 15) is 4.79 Å². The lowest BCUT2D eigenvalue weighted by atomic mass is 9.96. The van der Waals surface area contributed by atoms with E-state index in [1.807, 2.05) is 65.6 Å². The van der Waals surface area contributed by atoms with E-state index in [1.165, 1.54) is 0 Å². The number of nitrogens with two attached hydrogens (primary N) is 1. The summed E-state index contributed by atoms with van der Waals surface area (Å²) in [6.45, 7) is 2.26. The van der Waals surface area contributed by atoms with Crippen molar-refractivity contribution in [2.75, 3.05) is 19.6 Å². The van der Waals surface area contributed by atoms with Crippen molar-refractivity contribution in [3.05, 3.63) is 66.2 Å². The number of benzene rings is 2. The van der Waals surface area contributed by atoms with E-state index in [-0.39, 0.29) is 5.91 Å². The van der Waals surface area contributed by atoms with Gasteiger partial charge in [0.2, 0.25) is 0 Å². The van der Waals surface area contributed by atoms with Crippen molar-refractivity contribution in [1.82, 2.24) is 9.88 Å². The van der Waals surface area contributed by atoms with Crippen molar-refractivity contribution in [1.29, 1.82) is 0 Å². The quantitative estimate of drug-likeness (QED) is 0.787. The second-order valence-corrected chi connectivity index (χ2v) is 6.91. The zero-order valence-electron chi connectivity index (χ0n) is 14.8. The number of likely N-dealkylation sites (tertiary alicyclic amines) is 1. The van der Waals surface area contributed by atoms with Gasteiger partial charge in [-0.2, -0.15) is 0 Å². The summed E-state index contributed by atoms with van der Waals surface area (Å²) in [5.74, 6) is 0.629. The minimum absolute atomic E-state index is 0.0938. The Morgan fingerprint density at radius 1 is 1.04 bits per heavy atom. The van der Waals surface area contributed by atoms with Gasteiger partial charge in [-0.3, -0.25) is 4.79 Å². The van der Waals surface area contributed by atoms with Crippen LogP contribution in [0.4, 0.5) is 0 Å². The summed E-state index contributed by atoms with van der Waals surface area (Å²) in [4.78, 5) is 20.0. The lowest BCUT2D eigenvalue weighted by Gasteiger charge is -2.31. The zero-order valence-corrected chi connectivity index (χ0v) is 14.8. The maximum atomic E-state index is 13.3. The Labute approximate surface area is 153 Å². The number of rotatable bonds is 3. The van der Waals surface area contributed by atoms with Crippen molar-refractivity contribution < 1.29 is 4.79 Å². The molecular weight excluding hydrogens is 322 g/mol. The summed E-state index contributed by atoms with van der Waals surface area (Å²) >= 11 is 0. The first kappa shape index (κ1) is 16.7. The number of carbonyl (C=O) groups excluding carboxylic acids is 1. The van der Waals surface area contributed by atoms with Crippen molar-refractivity contribution in [2.45, 2.75) is 12.8 Å². The number of aromatic nitrogens is 1. The fraction of sp³-hybridized carbons (Fsp3) is 0.273. The van der Waals surface area contributed by atoms with Crippen molar-refractivity contribution in [2.24, 2.45) is 11.7 Å². The second-order valence-electron chi connectivity index (χ2n) is 6.91. The number of amides is 1. The molecule has 2 heterocycles. The molecule has 4 rings (SSSR count). The van der Waals surface area contributed by atoms with Gasteiger partial charge >= 0.3 is 0 Å². The Hall–Kier alpha value is -2.72. The molecule has 2 aromatic carbocycles. The fourth-order valence-electron chi connectivity index (χ4n) is 3.65. The van der Waals surface area contributed by atoms with Gasteiger partial charge in [0.1, 0.15) is 0 Å². The monoisotopic (exact) mass is 345 g/mol. The maximum Gasteiger partial charge on any atom is 0.254 e. The molecule has 0 radical (unpaired) electrons. The lowest BCUT2D eigenvalue weighted by molar-refractivity contribution is 0.0695. The number of hydrogen-bond acceptors (Lipinski definition) is 3. The van der Waals surface area contributed by atoms with Crippen LogP contribution in [0.1, 0.15) is 23.2 Å². The van der Waals surface area contributed by atoms with E-state index in [1.54, 1.807) is 0 Å². The van der Waals surface area contributed by atoms with Gasteiger partial charge in [0.25, 0.3) is 5.91 Å². The SMILES string of the molecule is NCC1CCN(C(=O)c2cc(-c3ccccc3)nc3ccccc23)CC1. The van der Waals surface area contributed by atoms with Crippen LogP contribution in [0.5, 0.6) is 0 Å². The third kappa shape index (κ3) is 3.20. The molecule has 0 spiro atoms. The molecule has 1 fully saturated rings. The molecule has 2 N–H and O–H groups in total. The first-order valence-electron chi connectivity index (χ1n) is 9.21. The smallest absolute Gasteiger partial charge is 0.254 e. The minimum atomic E-state index is 0.0938. The third-order valence-electron chi connectivity index (χ3n) is 5.25. The van der Waals surface area contributed by atoms with Crippen LogP contribution < -0.4 is 5.73 Å². The second kappa shape index (κ2) is 7.26. The molecule has 132 valence electrons. The molecule has 0 bridgehead atoms. The Morgan fingerprint density at radius 2 is 1.73 bits per heavy atom. The van der Waals surface area contributed by atoms with Gasteiger partial charge in [0.05, 0.1) is 16.8 Å². The van der Waals surface area contributed by atoms with Gasteiger partial charge in [-0.1, -0.05) is 48.5 Å². The molecular formula is C22H23N3O. The van der Waals surface area contributed by atoms with Gasteiger partial charge in [0, 0.05) is 24.0 Å². The van der Waals surface area contributed by atoms with E-state index < -0.39 is 0 Å². The molecule has 4 heteroatoms. The molecule has 1 amide bonds. The van der Waals surface area contributed by atoms with Crippen LogP contribution in [0.3, 0.4) is 0 Å². The van der Waals surface area contributed by atoms with E-state index in [0.29, 0.717) is 12.5 Å². The number of fused-ring (bicyclic) bond motifs is 1. The predicted octanol–water partition coefficient (Wildman–Crippen LogP) is 3.71. The summed E-state index contributed by atoms with van der Waals surface area (Å²) in [5, 5.41) is 0.915. The van der Waals surface area contributed by atoms with Crippen LogP contribution in [-0.2, 0) is 0 Å². The van der Waals surface area contributed by atoms with Crippen LogP contribution in [0, 0.1) is 5.92 Å². The molecule has 1 aromatic heterocycles. The Kier molecular flexibility index (Phi) is 4.67. The maximum absolute atomic E-state index is 13.3. The van der Waals surface area contributed by atoms with Crippen molar-refractivity contribution >= 4 is 16.8 Å². The number of hydrogen-bond donors (Lipinski definition) is 1. The molecule has 0 atom stereocenters. The van der Waals surface area contributed by atoms with Gasteiger partial charge in [0.15, 0.2) is 0 Å². The van der Waals surface area contributed by atoms with E-state index >= 15 is 0 Å². The standard InChI is InChI=1S/C22H23N3O/c23-15-16-10-12-25(13-11-16)22(26)19-14-21(17-6-2-1-3-7-17)24-20-9-5-4-8-18(19)20/h1-9,14,16H,10-13,15,23H2. The molecule has 4 nitrogen and oxygen atoms in total. The summed E-state index contributed by atoms with van der Waals surface area (Å²) in [6, 6.07) is 19.8. The average molecular weight is 345 g/mol. The Morgan fingerprint density at radius 3 is 2.46 bits per heavy atom. The van der Waals surface area contributed by atoms with E-state index in [2.05, 4.69) is 0 Å². The van der Waals surface area contributed by atoms with Gasteiger partial charge in [-0.05, 0) is 37.4 Å². The highest BCUT2D eigenvalue weighted by molar-refractivity contribution is 6.07. The number of para-hydroxylation sites is 1. The normalized spacial score (nSPS) is 15.3. The van der Waals surface area contributed by atoms with Gasteiger partial charge < -0.3 is 10.6 Å². The molecule has 0 unspecified atom stereocenters. The topological polar surface area (TPSA) is 59.2 Å². The molecule has 0 aliphatic carbocycles. The van der Waals surface area contributed by atoms with Crippen LogP contribution in [-0.4, -0.2) is 35.4 Å². The zero-order chi connectivity index (χ0) is 17.9. The van der Waals surface area contributed by atoms with Crippen LogP contribution in [0.2, 0.25) is 0 Å². The predicted molar refractivity (Wildman–Crippen MR) is 105 cm³/mol. The highest BCUT2D eigenvalue weighted by Crippen LogP contribution is 2.27.